The normalized spacial score (nSPS) is 17.9. The molecular weight excluding hydrogens is 318 g/mol. The Bertz CT molecular complexity index is 633. The van der Waals surface area contributed by atoms with Gasteiger partial charge in [-0.2, -0.15) is 0 Å². The number of nitrogens with one attached hydrogen (secondary N) is 1. The second kappa shape index (κ2) is 7.17. The molecular formula is C20H33NO2S. The van der Waals surface area contributed by atoms with Crippen LogP contribution in [0.15, 0.2) is 29.2 Å². The SMILES string of the molecule is CC(C)(C)CC(C)(C)NS(=O)(=O)c1ccc(C2CCCCC2)cc1. The first-order valence-corrected chi connectivity index (χ1v) is 10.6. The molecule has 0 unspecified atom stereocenters. The maximum absolute atomic E-state index is 12.7. The van der Waals surface area contributed by atoms with Crippen LogP contribution in [0.3, 0.4) is 0 Å². The molecule has 0 amide bonds. The Morgan fingerprint density at radius 2 is 1.50 bits per heavy atom. The van der Waals surface area contributed by atoms with E-state index in [-0.39, 0.29) is 5.41 Å². The molecule has 1 N–H and O–H groups in total. The quantitative estimate of drug-likeness (QED) is 0.790. The van der Waals surface area contributed by atoms with Crippen molar-refractivity contribution in [3.05, 3.63) is 29.8 Å². The van der Waals surface area contributed by atoms with Crippen LogP contribution in [-0.4, -0.2) is 14.0 Å². The monoisotopic (exact) mass is 351 g/mol. The summed E-state index contributed by atoms with van der Waals surface area (Å²) >= 11 is 0. The van der Waals surface area contributed by atoms with E-state index >= 15 is 0 Å². The first kappa shape index (κ1) is 19.5. The zero-order valence-corrected chi connectivity index (χ0v) is 16.7. The van der Waals surface area contributed by atoms with E-state index in [1.807, 2.05) is 26.0 Å². The van der Waals surface area contributed by atoms with E-state index in [1.54, 1.807) is 12.1 Å². The van der Waals surface area contributed by atoms with Crippen LogP contribution in [0.4, 0.5) is 0 Å². The maximum Gasteiger partial charge on any atom is 0.241 e. The summed E-state index contributed by atoms with van der Waals surface area (Å²) in [6.07, 6.45) is 7.13. The van der Waals surface area contributed by atoms with E-state index in [1.165, 1.54) is 37.7 Å². The van der Waals surface area contributed by atoms with E-state index in [9.17, 15) is 8.42 Å². The standard InChI is InChI=1S/C20H33NO2S/c1-19(2,3)15-20(4,5)21-24(22,23)18-13-11-17(12-14-18)16-9-7-6-8-10-16/h11-14,16,21H,6-10,15H2,1-5H3. The van der Waals surface area contributed by atoms with Gasteiger partial charge in [0.05, 0.1) is 4.90 Å². The molecule has 4 heteroatoms. The molecule has 1 fully saturated rings. The Morgan fingerprint density at radius 1 is 0.958 bits per heavy atom. The van der Waals surface area contributed by atoms with Gasteiger partial charge in [-0.15, -0.1) is 0 Å². The first-order chi connectivity index (χ1) is 11.0. The minimum Gasteiger partial charge on any atom is -0.207 e. The highest BCUT2D eigenvalue weighted by Gasteiger charge is 2.30. The predicted molar refractivity (Wildman–Crippen MR) is 101 cm³/mol. The smallest absolute Gasteiger partial charge is 0.207 e. The minimum absolute atomic E-state index is 0.0663. The Balaban J connectivity index is 2.11. The summed E-state index contributed by atoms with van der Waals surface area (Å²) in [5, 5.41) is 0. The number of benzene rings is 1. The van der Waals surface area contributed by atoms with Crippen molar-refractivity contribution in [1.82, 2.24) is 4.72 Å². The fourth-order valence-corrected chi connectivity index (χ4v) is 5.55. The molecule has 0 saturated heterocycles. The van der Waals surface area contributed by atoms with E-state index in [0.717, 1.165) is 6.42 Å². The molecule has 1 aliphatic rings. The number of hydrogen-bond acceptors (Lipinski definition) is 2. The lowest BCUT2D eigenvalue weighted by Gasteiger charge is -2.33. The van der Waals surface area contributed by atoms with E-state index in [4.69, 9.17) is 0 Å². The fourth-order valence-electron chi connectivity index (χ4n) is 4.14. The van der Waals surface area contributed by atoms with Crippen molar-refractivity contribution in [1.29, 1.82) is 0 Å². The number of sulfonamides is 1. The largest absolute Gasteiger partial charge is 0.241 e. The summed E-state index contributed by atoms with van der Waals surface area (Å²) in [6.45, 7) is 10.3. The maximum atomic E-state index is 12.7. The zero-order chi connectivity index (χ0) is 18.0. The highest BCUT2D eigenvalue weighted by atomic mass is 32.2. The third-order valence-electron chi connectivity index (χ3n) is 4.65. The van der Waals surface area contributed by atoms with Crippen LogP contribution < -0.4 is 4.72 Å². The number of hydrogen-bond donors (Lipinski definition) is 1. The molecule has 1 saturated carbocycles. The van der Waals surface area contributed by atoms with Gasteiger partial charge in [-0.1, -0.05) is 52.2 Å². The molecule has 0 atom stereocenters. The molecule has 1 aromatic carbocycles. The van der Waals surface area contributed by atoms with Gasteiger partial charge in [0.15, 0.2) is 0 Å². The molecule has 2 rings (SSSR count). The molecule has 0 heterocycles. The lowest BCUT2D eigenvalue weighted by atomic mass is 9.82. The van der Waals surface area contributed by atoms with Crippen LogP contribution in [0.1, 0.15) is 84.6 Å². The van der Waals surface area contributed by atoms with Crippen molar-refractivity contribution in [2.45, 2.75) is 89.5 Å². The second-order valence-electron chi connectivity index (χ2n) is 9.13. The Kier molecular flexibility index (Phi) is 5.81. The molecule has 1 aliphatic carbocycles. The third-order valence-corrected chi connectivity index (χ3v) is 6.36. The van der Waals surface area contributed by atoms with Crippen molar-refractivity contribution in [2.75, 3.05) is 0 Å². The average Bonchev–Trinajstić information content (AvgIpc) is 2.44. The van der Waals surface area contributed by atoms with Crippen LogP contribution in [0.2, 0.25) is 0 Å². The van der Waals surface area contributed by atoms with Gasteiger partial charge >= 0.3 is 0 Å². The predicted octanol–water partition coefficient (Wildman–Crippen LogP) is 5.23. The summed E-state index contributed by atoms with van der Waals surface area (Å²) in [6, 6.07) is 7.53. The van der Waals surface area contributed by atoms with Crippen LogP contribution in [0, 0.1) is 5.41 Å². The van der Waals surface area contributed by atoms with Gasteiger partial charge in [-0.05, 0) is 62.1 Å². The van der Waals surface area contributed by atoms with Crippen molar-refractivity contribution >= 4 is 10.0 Å². The summed E-state index contributed by atoms with van der Waals surface area (Å²) in [7, 11) is -3.49. The van der Waals surface area contributed by atoms with Gasteiger partial charge in [0.25, 0.3) is 0 Å². The zero-order valence-electron chi connectivity index (χ0n) is 15.9. The van der Waals surface area contributed by atoms with Crippen molar-refractivity contribution in [3.8, 4) is 0 Å². The van der Waals surface area contributed by atoms with Gasteiger partial charge in [-0.25, -0.2) is 13.1 Å². The number of rotatable bonds is 5. The van der Waals surface area contributed by atoms with Crippen LogP contribution in [0.5, 0.6) is 0 Å². The molecule has 3 nitrogen and oxygen atoms in total. The molecule has 24 heavy (non-hydrogen) atoms. The van der Waals surface area contributed by atoms with E-state index in [2.05, 4.69) is 25.5 Å². The van der Waals surface area contributed by atoms with Crippen molar-refractivity contribution in [2.24, 2.45) is 5.41 Å². The molecule has 0 radical (unpaired) electrons. The summed E-state index contributed by atoms with van der Waals surface area (Å²) in [5.41, 5.74) is 0.873. The molecule has 0 spiro atoms. The Labute approximate surface area is 148 Å². The summed E-state index contributed by atoms with van der Waals surface area (Å²) < 4.78 is 28.3. The Morgan fingerprint density at radius 3 is 2.00 bits per heavy atom. The second-order valence-corrected chi connectivity index (χ2v) is 10.8. The van der Waals surface area contributed by atoms with Gasteiger partial charge in [0.1, 0.15) is 0 Å². The van der Waals surface area contributed by atoms with Gasteiger partial charge < -0.3 is 0 Å². The summed E-state index contributed by atoms with van der Waals surface area (Å²) in [4.78, 5) is 0.365. The summed E-state index contributed by atoms with van der Waals surface area (Å²) in [5.74, 6) is 0.598. The highest BCUT2D eigenvalue weighted by molar-refractivity contribution is 7.89. The Hall–Kier alpha value is -0.870. The van der Waals surface area contributed by atoms with Crippen molar-refractivity contribution < 1.29 is 8.42 Å². The topological polar surface area (TPSA) is 46.2 Å². The minimum atomic E-state index is -3.49. The lowest BCUT2D eigenvalue weighted by Crippen LogP contribution is -2.45. The van der Waals surface area contributed by atoms with Gasteiger partial charge in [0.2, 0.25) is 10.0 Å². The lowest BCUT2D eigenvalue weighted by molar-refractivity contribution is 0.269. The first-order valence-electron chi connectivity index (χ1n) is 9.13. The van der Waals surface area contributed by atoms with Crippen LogP contribution >= 0.6 is 0 Å². The van der Waals surface area contributed by atoms with Gasteiger partial charge in [-0.3, -0.25) is 0 Å². The molecule has 0 bridgehead atoms. The van der Waals surface area contributed by atoms with Crippen LogP contribution in [-0.2, 0) is 10.0 Å². The average molecular weight is 352 g/mol. The highest BCUT2D eigenvalue weighted by Crippen LogP contribution is 2.33. The van der Waals surface area contributed by atoms with E-state index < -0.39 is 15.6 Å². The fraction of sp³-hybridized carbons (Fsp3) is 0.700. The van der Waals surface area contributed by atoms with Crippen LogP contribution in [0.25, 0.3) is 0 Å². The molecule has 0 aliphatic heterocycles. The molecule has 136 valence electrons. The van der Waals surface area contributed by atoms with Crippen molar-refractivity contribution in [3.63, 3.8) is 0 Å². The third kappa shape index (κ3) is 5.59. The van der Waals surface area contributed by atoms with E-state index in [0.29, 0.717) is 10.8 Å². The molecule has 0 aromatic heterocycles. The van der Waals surface area contributed by atoms with Gasteiger partial charge in [0, 0.05) is 5.54 Å². The molecule has 1 aromatic rings.